The number of hydrogen-bond acceptors (Lipinski definition) is 5. The molecule has 0 aliphatic heterocycles. The van der Waals surface area contributed by atoms with Gasteiger partial charge in [0.15, 0.2) is 0 Å². The summed E-state index contributed by atoms with van der Waals surface area (Å²) >= 11 is 0. The first kappa shape index (κ1) is 13.7. The fraction of sp³-hybridized carbons (Fsp3) is 0.0714. The van der Waals surface area contributed by atoms with Gasteiger partial charge in [-0.05, 0) is 25.1 Å². The van der Waals surface area contributed by atoms with Gasteiger partial charge in [0.1, 0.15) is 0 Å². The summed E-state index contributed by atoms with van der Waals surface area (Å²) in [7, 11) is 0. The van der Waals surface area contributed by atoms with Crippen molar-refractivity contribution >= 4 is 23.3 Å². The van der Waals surface area contributed by atoms with Crippen molar-refractivity contribution in [2.75, 3.05) is 5.32 Å². The molecule has 3 aromatic rings. The van der Waals surface area contributed by atoms with Gasteiger partial charge in [0, 0.05) is 11.9 Å². The summed E-state index contributed by atoms with van der Waals surface area (Å²) < 4.78 is 1.47. The fourth-order valence-corrected chi connectivity index (χ4v) is 1.99. The molecule has 2 amide bonds. The van der Waals surface area contributed by atoms with E-state index >= 15 is 0 Å². The number of aryl methyl sites for hydroxylation is 1. The Kier molecular flexibility index (Phi) is 3.26. The van der Waals surface area contributed by atoms with Crippen LogP contribution < -0.4 is 11.1 Å². The summed E-state index contributed by atoms with van der Waals surface area (Å²) in [6, 6.07) is 8.21. The summed E-state index contributed by atoms with van der Waals surface area (Å²) in [6.07, 6.45) is 1.59. The molecule has 0 bridgehead atoms. The summed E-state index contributed by atoms with van der Waals surface area (Å²) in [5.41, 5.74) is 6.60. The lowest BCUT2D eigenvalue weighted by Gasteiger charge is -2.06. The van der Waals surface area contributed by atoms with Gasteiger partial charge in [0.25, 0.3) is 17.6 Å². The average molecular weight is 296 g/mol. The van der Waals surface area contributed by atoms with E-state index in [9.17, 15) is 9.59 Å². The van der Waals surface area contributed by atoms with Crippen LogP contribution in [0.25, 0.3) is 5.78 Å². The number of carbonyl (C=O) groups excluding carboxylic acids is 2. The summed E-state index contributed by atoms with van der Waals surface area (Å²) in [4.78, 5) is 31.7. The van der Waals surface area contributed by atoms with Gasteiger partial charge >= 0.3 is 0 Å². The minimum absolute atomic E-state index is 0.0407. The topological polar surface area (TPSA) is 115 Å². The molecule has 0 saturated carbocycles. The molecule has 0 saturated heterocycles. The molecule has 0 aliphatic carbocycles. The smallest absolute Gasteiger partial charge is 0.295 e. The van der Waals surface area contributed by atoms with Crippen LogP contribution in [0.15, 0.2) is 36.5 Å². The van der Waals surface area contributed by atoms with E-state index in [1.54, 1.807) is 30.5 Å². The third-order valence-corrected chi connectivity index (χ3v) is 3.07. The zero-order valence-electron chi connectivity index (χ0n) is 11.6. The number of benzene rings is 1. The molecule has 8 nitrogen and oxygen atoms in total. The molecule has 0 spiro atoms. The highest BCUT2D eigenvalue weighted by Crippen LogP contribution is 2.15. The number of fused-ring (bicyclic) bond motifs is 1. The molecule has 0 radical (unpaired) electrons. The number of amides is 2. The Hall–Kier alpha value is -3.29. The SMILES string of the molecule is Cc1ccnc2nc(C(=O)Nc3ccccc3C(N)=O)nn12. The van der Waals surface area contributed by atoms with Crippen molar-refractivity contribution in [2.24, 2.45) is 5.73 Å². The van der Waals surface area contributed by atoms with Crippen LogP contribution in [0.4, 0.5) is 5.69 Å². The minimum atomic E-state index is -0.628. The predicted molar refractivity (Wildman–Crippen MR) is 78.4 cm³/mol. The Labute approximate surface area is 125 Å². The average Bonchev–Trinajstić information content (AvgIpc) is 2.93. The maximum absolute atomic E-state index is 12.2. The van der Waals surface area contributed by atoms with Crippen molar-refractivity contribution in [1.29, 1.82) is 0 Å². The van der Waals surface area contributed by atoms with Gasteiger partial charge < -0.3 is 11.1 Å². The molecular weight excluding hydrogens is 284 g/mol. The highest BCUT2D eigenvalue weighted by atomic mass is 16.2. The van der Waals surface area contributed by atoms with E-state index < -0.39 is 11.8 Å². The Morgan fingerprint density at radius 3 is 2.73 bits per heavy atom. The molecule has 3 rings (SSSR count). The Bertz CT molecular complexity index is 886. The Balaban J connectivity index is 1.94. The number of para-hydroxylation sites is 1. The molecule has 0 unspecified atom stereocenters. The lowest BCUT2D eigenvalue weighted by Crippen LogP contribution is -2.19. The van der Waals surface area contributed by atoms with Gasteiger partial charge in [0.2, 0.25) is 5.82 Å². The second kappa shape index (κ2) is 5.24. The second-order valence-electron chi connectivity index (χ2n) is 4.60. The van der Waals surface area contributed by atoms with E-state index in [2.05, 4.69) is 20.4 Å². The summed E-state index contributed by atoms with van der Waals surface area (Å²) in [5, 5.41) is 6.68. The van der Waals surface area contributed by atoms with Crippen LogP contribution in [0.1, 0.15) is 26.7 Å². The van der Waals surface area contributed by atoms with Gasteiger partial charge in [-0.2, -0.15) is 4.98 Å². The highest BCUT2D eigenvalue weighted by Gasteiger charge is 2.17. The van der Waals surface area contributed by atoms with Gasteiger partial charge in [-0.15, -0.1) is 5.10 Å². The van der Waals surface area contributed by atoms with Crippen molar-refractivity contribution in [3.63, 3.8) is 0 Å². The van der Waals surface area contributed by atoms with Crippen molar-refractivity contribution in [3.8, 4) is 0 Å². The number of aromatic nitrogens is 4. The largest absolute Gasteiger partial charge is 0.366 e. The quantitative estimate of drug-likeness (QED) is 0.741. The molecule has 2 heterocycles. The molecule has 2 aromatic heterocycles. The monoisotopic (exact) mass is 296 g/mol. The van der Waals surface area contributed by atoms with Gasteiger partial charge in [-0.3, -0.25) is 9.59 Å². The van der Waals surface area contributed by atoms with Gasteiger partial charge in [0.05, 0.1) is 11.3 Å². The van der Waals surface area contributed by atoms with E-state index in [1.807, 2.05) is 6.92 Å². The number of carbonyl (C=O) groups is 2. The highest BCUT2D eigenvalue weighted by molar-refractivity contribution is 6.07. The third-order valence-electron chi connectivity index (χ3n) is 3.07. The maximum Gasteiger partial charge on any atom is 0.295 e. The van der Waals surface area contributed by atoms with Crippen molar-refractivity contribution < 1.29 is 9.59 Å². The molecule has 1 aromatic carbocycles. The molecule has 0 aliphatic rings. The first-order chi connectivity index (χ1) is 10.6. The Morgan fingerprint density at radius 2 is 2.00 bits per heavy atom. The molecular formula is C14H12N6O2. The number of hydrogen-bond donors (Lipinski definition) is 2. The van der Waals surface area contributed by atoms with E-state index in [0.29, 0.717) is 11.5 Å². The van der Waals surface area contributed by atoms with Crippen LogP contribution in [0, 0.1) is 6.92 Å². The molecule has 3 N–H and O–H groups in total. The number of nitrogens with zero attached hydrogens (tertiary/aromatic N) is 4. The van der Waals surface area contributed by atoms with Crippen molar-refractivity contribution in [3.05, 3.63) is 53.6 Å². The third kappa shape index (κ3) is 2.37. The standard InChI is InChI=1S/C14H12N6O2/c1-8-6-7-16-14-18-12(19-20(8)14)13(22)17-10-5-3-2-4-9(10)11(15)21/h2-7H,1H3,(H2,15,21)(H,17,22). The van der Waals surface area contributed by atoms with Gasteiger partial charge in [-0.25, -0.2) is 9.50 Å². The van der Waals surface area contributed by atoms with Crippen LogP contribution in [-0.4, -0.2) is 31.4 Å². The first-order valence-corrected chi connectivity index (χ1v) is 6.45. The zero-order valence-corrected chi connectivity index (χ0v) is 11.6. The minimum Gasteiger partial charge on any atom is -0.366 e. The summed E-state index contributed by atoms with van der Waals surface area (Å²) in [6.45, 7) is 1.83. The van der Waals surface area contributed by atoms with Crippen LogP contribution in [0.2, 0.25) is 0 Å². The molecule has 22 heavy (non-hydrogen) atoms. The fourth-order valence-electron chi connectivity index (χ4n) is 1.99. The number of primary amides is 1. The predicted octanol–water partition coefficient (Wildman–Crippen LogP) is 0.784. The number of nitrogens with one attached hydrogen (secondary N) is 1. The summed E-state index contributed by atoms with van der Waals surface area (Å²) in [5.74, 6) is -0.885. The van der Waals surface area contributed by atoms with E-state index in [1.165, 1.54) is 10.6 Å². The van der Waals surface area contributed by atoms with Crippen LogP contribution in [0.3, 0.4) is 0 Å². The number of nitrogens with two attached hydrogens (primary N) is 1. The lowest BCUT2D eigenvalue weighted by molar-refractivity contribution is 0.100. The second-order valence-corrected chi connectivity index (χ2v) is 4.60. The zero-order chi connectivity index (χ0) is 15.7. The molecule has 0 atom stereocenters. The maximum atomic E-state index is 12.2. The van der Waals surface area contributed by atoms with Gasteiger partial charge in [-0.1, -0.05) is 12.1 Å². The van der Waals surface area contributed by atoms with Crippen LogP contribution >= 0.6 is 0 Å². The molecule has 0 fully saturated rings. The normalized spacial score (nSPS) is 10.6. The van der Waals surface area contributed by atoms with E-state index in [0.717, 1.165) is 5.69 Å². The van der Waals surface area contributed by atoms with Crippen molar-refractivity contribution in [1.82, 2.24) is 19.6 Å². The Morgan fingerprint density at radius 1 is 1.23 bits per heavy atom. The van der Waals surface area contributed by atoms with Crippen molar-refractivity contribution in [2.45, 2.75) is 6.92 Å². The van der Waals surface area contributed by atoms with Crippen LogP contribution in [-0.2, 0) is 0 Å². The van der Waals surface area contributed by atoms with E-state index in [4.69, 9.17) is 5.73 Å². The lowest BCUT2D eigenvalue weighted by atomic mass is 10.1. The van der Waals surface area contributed by atoms with E-state index in [-0.39, 0.29) is 11.4 Å². The first-order valence-electron chi connectivity index (χ1n) is 6.45. The molecule has 110 valence electrons. The number of rotatable bonds is 3. The number of anilines is 1. The van der Waals surface area contributed by atoms with Crippen LogP contribution in [0.5, 0.6) is 0 Å². The molecule has 8 heteroatoms.